The first kappa shape index (κ1) is 13.8. The molecule has 0 radical (unpaired) electrons. The third-order valence-electron chi connectivity index (χ3n) is 1.18. The van der Waals surface area contributed by atoms with E-state index in [2.05, 4.69) is 0 Å². The smallest absolute Gasteiger partial charge is 0.106 e. The Bertz CT molecular complexity index is 87.8. The van der Waals surface area contributed by atoms with E-state index < -0.39 is 0 Å². The zero-order chi connectivity index (χ0) is 10.5. The van der Waals surface area contributed by atoms with Crippen LogP contribution in [0.2, 0.25) is 0 Å². The monoisotopic (exact) mass is 210 g/mol. The molecule has 6 nitrogen and oxygen atoms in total. The van der Waals surface area contributed by atoms with Gasteiger partial charge >= 0.3 is 0 Å². The van der Waals surface area contributed by atoms with Crippen LogP contribution in [0, 0.1) is 0 Å². The fourth-order valence-electron chi connectivity index (χ4n) is 0.637. The molecule has 6 heteroatoms. The first-order chi connectivity index (χ1) is 6.91. The molecule has 0 saturated heterocycles. The van der Waals surface area contributed by atoms with Gasteiger partial charge in [0, 0.05) is 0 Å². The number of hydrogen-bond donors (Lipinski definition) is 2. The lowest BCUT2D eigenvalue weighted by atomic mass is 10.7. The van der Waals surface area contributed by atoms with E-state index in [0.29, 0.717) is 39.6 Å². The number of hydrogen-bond acceptors (Lipinski definition) is 6. The fraction of sp³-hybridized carbons (Fsp3) is 1.00. The van der Waals surface area contributed by atoms with Crippen LogP contribution in [0.4, 0.5) is 0 Å². The second-order valence-corrected chi connectivity index (χ2v) is 2.32. The quantitative estimate of drug-likeness (QED) is 0.257. The molecule has 0 aromatic carbocycles. The molecule has 0 amide bonds. The molecule has 0 spiro atoms. The molecule has 0 rings (SSSR count). The van der Waals surface area contributed by atoms with Crippen LogP contribution in [0.3, 0.4) is 0 Å². The van der Waals surface area contributed by atoms with Gasteiger partial charge in [-0.1, -0.05) is 0 Å². The first-order valence-electron chi connectivity index (χ1n) is 4.53. The SMILES string of the molecule is OCCOCCOOCCOCCO. The summed E-state index contributed by atoms with van der Waals surface area (Å²) in [6.07, 6.45) is 0. The van der Waals surface area contributed by atoms with E-state index in [-0.39, 0.29) is 13.2 Å². The zero-order valence-electron chi connectivity index (χ0n) is 8.18. The van der Waals surface area contributed by atoms with E-state index in [1.54, 1.807) is 0 Å². The minimum absolute atomic E-state index is 0.00978. The molecule has 14 heavy (non-hydrogen) atoms. The van der Waals surface area contributed by atoms with E-state index in [0.717, 1.165) is 0 Å². The Morgan fingerprint density at radius 3 is 1.36 bits per heavy atom. The van der Waals surface area contributed by atoms with E-state index in [9.17, 15) is 0 Å². The van der Waals surface area contributed by atoms with Crippen molar-refractivity contribution < 1.29 is 29.5 Å². The highest BCUT2D eigenvalue weighted by Crippen LogP contribution is 1.82. The van der Waals surface area contributed by atoms with Crippen molar-refractivity contribution >= 4 is 0 Å². The molecule has 86 valence electrons. The third-order valence-corrected chi connectivity index (χ3v) is 1.18. The van der Waals surface area contributed by atoms with Gasteiger partial charge in [-0.15, -0.1) is 0 Å². The van der Waals surface area contributed by atoms with E-state index in [4.69, 9.17) is 29.5 Å². The maximum absolute atomic E-state index is 8.36. The molecule has 0 unspecified atom stereocenters. The molecule has 0 aliphatic heterocycles. The van der Waals surface area contributed by atoms with Crippen molar-refractivity contribution in [2.75, 3.05) is 52.9 Å². The Hall–Kier alpha value is -0.240. The van der Waals surface area contributed by atoms with Crippen LogP contribution in [0.15, 0.2) is 0 Å². The molecule has 0 heterocycles. The Morgan fingerprint density at radius 1 is 0.571 bits per heavy atom. The Balaban J connectivity index is 2.78. The fourth-order valence-corrected chi connectivity index (χ4v) is 0.637. The lowest BCUT2D eigenvalue weighted by Gasteiger charge is -2.04. The van der Waals surface area contributed by atoms with Crippen LogP contribution in [0.25, 0.3) is 0 Å². The van der Waals surface area contributed by atoms with Gasteiger partial charge in [0.2, 0.25) is 0 Å². The van der Waals surface area contributed by atoms with Crippen molar-refractivity contribution in [3.63, 3.8) is 0 Å². The van der Waals surface area contributed by atoms with Crippen molar-refractivity contribution in [2.45, 2.75) is 0 Å². The molecule has 0 aromatic heterocycles. The van der Waals surface area contributed by atoms with Crippen LogP contribution < -0.4 is 0 Å². The average Bonchev–Trinajstić information content (AvgIpc) is 2.21. The second-order valence-electron chi connectivity index (χ2n) is 2.32. The lowest BCUT2D eigenvalue weighted by Crippen LogP contribution is -2.11. The van der Waals surface area contributed by atoms with Gasteiger partial charge in [0.25, 0.3) is 0 Å². The molecule has 0 bridgehead atoms. The summed E-state index contributed by atoms with van der Waals surface area (Å²) < 4.78 is 9.82. The van der Waals surface area contributed by atoms with Crippen LogP contribution in [-0.2, 0) is 19.2 Å². The largest absolute Gasteiger partial charge is 0.394 e. The third kappa shape index (κ3) is 11.8. The molecule has 0 aromatic rings. The number of rotatable bonds is 11. The normalized spacial score (nSPS) is 10.7. The standard InChI is InChI=1S/C8H18O6/c9-1-3-11-5-7-13-14-8-6-12-4-2-10/h9-10H,1-8H2. The molecule has 2 N–H and O–H groups in total. The average molecular weight is 210 g/mol. The minimum atomic E-state index is 0.00978. The maximum Gasteiger partial charge on any atom is 0.106 e. The Labute approximate surface area is 83.3 Å². The summed E-state index contributed by atoms with van der Waals surface area (Å²) in [4.78, 5) is 9.42. The van der Waals surface area contributed by atoms with E-state index >= 15 is 0 Å². The van der Waals surface area contributed by atoms with Gasteiger partial charge in [-0.25, -0.2) is 9.78 Å². The summed E-state index contributed by atoms with van der Waals surface area (Å²) in [6, 6.07) is 0. The van der Waals surface area contributed by atoms with Crippen LogP contribution in [-0.4, -0.2) is 63.1 Å². The summed E-state index contributed by atoms with van der Waals surface area (Å²) in [5.41, 5.74) is 0. The first-order valence-corrected chi connectivity index (χ1v) is 4.53. The Kier molecular flexibility index (Phi) is 12.5. The van der Waals surface area contributed by atoms with Crippen molar-refractivity contribution in [1.29, 1.82) is 0 Å². The number of aliphatic hydroxyl groups is 2. The van der Waals surface area contributed by atoms with Gasteiger partial charge in [-0.05, 0) is 0 Å². The van der Waals surface area contributed by atoms with Crippen molar-refractivity contribution in [3.8, 4) is 0 Å². The van der Waals surface area contributed by atoms with E-state index in [1.165, 1.54) is 0 Å². The van der Waals surface area contributed by atoms with Crippen molar-refractivity contribution in [3.05, 3.63) is 0 Å². The topological polar surface area (TPSA) is 77.4 Å². The molecule has 0 aliphatic carbocycles. The van der Waals surface area contributed by atoms with Gasteiger partial charge < -0.3 is 19.7 Å². The number of ether oxygens (including phenoxy) is 2. The predicted molar refractivity (Wildman–Crippen MR) is 47.7 cm³/mol. The highest BCUT2D eigenvalue weighted by atomic mass is 17.2. The van der Waals surface area contributed by atoms with Gasteiger partial charge in [0.15, 0.2) is 0 Å². The number of aliphatic hydroxyl groups excluding tert-OH is 2. The summed E-state index contributed by atoms with van der Waals surface area (Å²) in [5, 5.41) is 16.7. The van der Waals surface area contributed by atoms with Crippen LogP contribution in [0.5, 0.6) is 0 Å². The molecule has 0 atom stereocenters. The summed E-state index contributed by atoms with van der Waals surface area (Å²) in [6.45, 7) is 2.05. The van der Waals surface area contributed by atoms with Crippen molar-refractivity contribution in [2.24, 2.45) is 0 Å². The Morgan fingerprint density at radius 2 is 1.00 bits per heavy atom. The second kappa shape index (κ2) is 12.8. The molecule has 0 saturated carbocycles. The summed E-state index contributed by atoms with van der Waals surface area (Å²) >= 11 is 0. The van der Waals surface area contributed by atoms with Gasteiger partial charge in [-0.3, -0.25) is 0 Å². The van der Waals surface area contributed by atoms with E-state index in [1.807, 2.05) is 0 Å². The van der Waals surface area contributed by atoms with Gasteiger partial charge in [0.1, 0.15) is 13.2 Å². The minimum Gasteiger partial charge on any atom is -0.394 e. The molecular weight excluding hydrogens is 192 g/mol. The lowest BCUT2D eigenvalue weighted by molar-refractivity contribution is -0.303. The maximum atomic E-state index is 8.36. The highest BCUT2D eigenvalue weighted by molar-refractivity contribution is 4.28. The van der Waals surface area contributed by atoms with Crippen molar-refractivity contribution in [1.82, 2.24) is 0 Å². The van der Waals surface area contributed by atoms with Crippen LogP contribution >= 0.6 is 0 Å². The summed E-state index contributed by atoms with van der Waals surface area (Å²) in [5.74, 6) is 0. The zero-order valence-corrected chi connectivity index (χ0v) is 8.18. The summed E-state index contributed by atoms with van der Waals surface area (Å²) in [7, 11) is 0. The van der Waals surface area contributed by atoms with Gasteiger partial charge in [0.05, 0.1) is 39.6 Å². The molecule has 0 fully saturated rings. The predicted octanol–water partition coefficient (Wildman–Crippen LogP) is -1.05. The highest BCUT2D eigenvalue weighted by Gasteiger charge is 1.91. The van der Waals surface area contributed by atoms with Gasteiger partial charge in [-0.2, -0.15) is 0 Å². The molecular formula is C8H18O6. The molecule has 0 aliphatic rings. The van der Waals surface area contributed by atoms with Crippen LogP contribution in [0.1, 0.15) is 0 Å².